The van der Waals surface area contributed by atoms with Crippen LogP contribution in [0, 0.1) is 0 Å². The molecule has 1 aliphatic rings. The van der Waals surface area contributed by atoms with Crippen LogP contribution in [0.25, 0.3) is 10.9 Å². The van der Waals surface area contributed by atoms with Crippen LogP contribution in [0.5, 0.6) is 0 Å². The van der Waals surface area contributed by atoms with Crippen molar-refractivity contribution in [1.29, 1.82) is 0 Å². The monoisotopic (exact) mass is 398 g/mol. The van der Waals surface area contributed by atoms with Crippen LogP contribution in [-0.4, -0.2) is 49.1 Å². The van der Waals surface area contributed by atoms with Gasteiger partial charge in [-0.3, -0.25) is 19.1 Å². The first-order chi connectivity index (χ1) is 13.5. The van der Waals surface area contributed by atoms with E-state index >= 15 is 0 Å². The molecule has 0 saturated carbocycles. The number of piperidine rings is 1. The molecule has 3 heterocycles. The van der Waals surface area contributed by atoms with E-state index in [4.69, 9.17) is 11.6 Å². The number of aromatic nitrogens is 3. The molecule has 2 aromatic heterocycles. The summed E-state index contributed by atoms with van der Waals surface area (Å²) in [5, 5.41) is 11.9. The van der Waals surface area contributed by atoms with Gasteiger partial charge in [0.2, 0.25) is 0 Å². The van der Waals surface area contributed by atoms with E-state index in [-0.39, 0.29) is 18.0 Å². The molecule has 0 unspecified atom stereocenters. The van der Waals surface area contributed by atoms with Gasteiger partial charge in [0.1, 0.15) is 0 Å². The van der Waals surface area contributed by atoms with Crippen molar-refractivity contribution in [2.45, 2.75) is 25.0 Å². The first-order valence-corrected chi connectivity index (χ1v) is 9.39. The number of aliphatic hydroxyl groups is 1. The van der Waals surface area contributed by atoms with Crippen LogP contribution in [0.3, 0.4) is 0 Å². The Labute approximate surface area is 166 Å². The van der Waals surface area contributed by atoms with Gasteiger partial charge >= 0.3 is 0 Å². The van der Waals surface area contributed by atoms with Crippen LogP contribution in [0.2, 0.25) is 5.02 Å². The Morgan fingerprint density at radius 2 is 2.04 bits per heavy atom. The molecule has 3 aromatic rings. The average molecular weight is 399 g/mol. The summed E-state index contributed by atoms with van der Waals surface area (Å²) < 4.78 is 1.43. The molecular weight excluding hydrogens is 380 g/mol. The Morgan fingerprint density at radius 1 is 1.25 bits per heavy atom. The quantitative estimate of drug-likeness (QED) is 0.730. The van der Waals surface area contributed by atoms with Gasteiger partial charge in [0.15, 0.2) is 0 Å². The number of halogens is 1. The number of nitrogens with zero attached hydrogens (tertiary/aromatic N) is 4. The van der Waals surface area contributed by atoms with Gasteiger partial charge in [-0.2, -0.15) is 0 Å². The van der Waals surface area contributed by atoms with Crippen LogP contribution in [-0.2, 0) is 6.54 Å². The number of rotatable bonds is 3. The van der Waals surface area contributed by atoms with Crippen LogP contribution < -0.4 is 5.56 Å². The van der Waals surface area contributed by atoms with Gasteiger partial charge in [0, 0.05) is 30.5 Å². The summed E-state index contributed by atoms with van der Waals surface area (Å²) in [5.41, 5.74) is -0.236. The maximum atomic E-state index is 12.7. The lowest BCUT2D eigenvalue weighted by Crippen LogP contribution is -2.49. The predicted molar refractivity (Wildman–Crippen MR) is 105 cm³/mol. The second-order valence-electron chi connectivity index (χ2n) is 7.10. The number of hydrogen-bond acceptors (Lipinski definition) is 5. The highest BCUT2D eigenvalue weighted by Crippen LogP contribution is 2.25. The number of amides is 1. The summed E-state index contributed by atoms with van der Waals surface area (Å²) in [6.45, 7) is 0.956. The molecule has 1 aromatic carbocycles. The van der Waals surface area contributed by atoms with Crippen LogP contribution >= 0.6 is 11.6 Å². The van der Waals surface area contributed by atoms with Gasteiger partial charge in [-0.05, 0) is 43.2 Å². The highest BCUT2D eigenvalue weighted by atomic mass is 35.5. The minimum Gasteiger partial charge on any atom is -0.388 e. The van der Waals surface area contributed by atoms with E-state index < -0.39 is 5.60 Å². The van der Waals surface area contributed by atoms with Gasteiger partial charge in [0.25, 0.3) is 11.5 Å². The Balaban J connectivity index is 1.48. The molecule has 0 aliphatic carbocycles. The molecule has 1 saturated heterocycles. The fourth-order valence-corrected chi connectivity index (χ4v) is 3.68. The molecule has 0 radical (unpaired) electrons. The third-order valence-electron chi connectivity index (χ3n) is 5.14. The zero-order valence-electron chi connectivity index (χ0n) is 15.1. The van der Waals surface area contributed by atoms with E-state index in [2.05, 4.69) is 9.97 Å². The average Bonchev–Trinajstić information content (AvgIpc) is 2.71. The van der Waals surface area contributed by atoms with E-state index in [1.807, 2.05) is 0 Å². The fourth-order valence-electron chi connectivity index (χ4n) is 3.52. The molecule has 1 fully saturated rings. The van der Waals surface area contributed by atoms with Crippen molar-refractivity contribution in [2.24, 2.45) is 0 Å². The largest absolute Gasteiger partial charge is 0.388 e. The lowest BCUT2D eigenvalue weighted by molar-refractivity contribution is -0.0299. The molecule has 1 amide bonds. The van der Waals surface area contributed by atoms with Gasteiger partial charge in [-0.15, -0.1) is 0 Å². The zero-order chi connectivity index (χ0) is 19.7. The molecule has 28 heavy (non-hydrogen) atoms. The number of likely N-dealkylation sites (tertiary alicyclic amines) is 1. The number of hydrogen-bond donors (Lipinski definition) is 1. The Bertz CT molecular complexity index is 1080. The van der Waals surface area contributed by atoms with Crippen molar-refractivity contribution in [2.75, 3.05) is 13.1 Å². The summed E-state index contributed by atoms with van der Waals surface area (Å²) in [4.78, 5) is 35.2. The fraction of sp³-hybridized carbons (Fsp3) is 0.300. The van der Waals surface area contributed by atoms with Crippen LogP contribution in [0.1, 0.15) is 23.2 Å². The maximum Gasteiger partial charge on any atom is 0.261 e. The topological polar surface area (TPSA) is 88.3 Å². The van der Waals surface area contributed by atoms with E-state index in [0.29, 0.717) is 47.4 Å². The number of fused-ring (bicyclic) bond motifs is 1. The highest BCUT2D eigenvalue weighted by molar-refractivity contribution is 6.31. The summed E-state index contributed by atoms with van der Waals surface area (Å²) in [6.07, 6.45) is 5.35. The summed E-state index contributed by atoms with van der Waals surface area (Å²) >= 11 is 5.95. The number of carbonyl (C=O) groups is 1. The molecule has 4 rings (SSSR count). The molecule has 1 N–H and O–H groups in total. The van der Waals surface area contributed by atoms with Crippen molar-refractivity contribution in [3.8, 4) is 0 Å². The SMILES string of the molecule is O=C(c1cccnc1)N1CCC(O)(Cn2cnc3cc(Cl)ccc3c2=O)CC1. The second kappa shape index (κ2) is 7.33. The molecule has 0 bridgehead atoms. The Hall–Kier alpha value is -2.77. The minimum absolute atomic E-state index is 0.100. The zero-order valence-corrected chi connectivity index (χ0v) is 15.8. The lowest BCUT2D eigenvalue weighted by Gasteiger charge is -2.38. The molecule has 0 atom stereocenters. The van der Waals surface area contributed by atoms with Gasteiger partial charge in [-0.1, -0.05) is 11.6 Å². The Morgan fingerprint density at radius 3 is 2.75 bits per heavy atom. The Kier molecular flexibility index (Phi) is 4.87. The van der Waals surface area contributed by atoms with Crippen molar-refractivity contribution >= 4 is 28.4 Å². The lowest BCUT2D eigenvalue weighted by atomic mass is 9.91. The maximum absolute atomic E-state index is 12.7. The van der Waals surface area contributed by atoms with Gasteiger partial charge in [-0.25, -0.2) is 4.98 Å². The molecule has 144 valence electrons. The third-order valence-corrected chi connectivity index (χ3v) is 5.38. The van der Waals surface area contributed by atoms with E-state index in [1.54, 1.807) is 41.4 Å². The summed E-state index contributed by atoms with van der Waals surface area (Å²) in [6, 6.07) is 8.37. The van der Waals surface area contributed by atoms with Crippen molar-refractivity contribution in [3.63, 3.8) is 0 Å². The molecule has 7 nitrogen and oxygen atoms in total. The van der Waals surface area contributed by atoms with Crippen LogP contribution in [0.15, 0.2) is 53.8 Å². The molecule has 1 aliphatic heterocycles. The van der Waals surface area contributed by atoms with E-state index in [9.17, 15) is 14.7 Å². The first kappa shape index (κ1) is 18.6. The number of carbonyl (C=O) groups excluding carboxylic acids is 1. The van der Waals surface area contributed by atoms with Crippen molar-refractivity contribution in [1.82, 2.24) is 19.4 Å². The van der Waals surface area contributed by atoms with Crippen LogP contribution in [0.4, 0.5) is 0 Å². The minimum atomic E-state index is -1.07. The first-order valence-electron chi connectivity index (χ1n) is 9.02. The second-order valence-corrected chi connectivity index (χ2v) is 7.53. The van der Waals surface area contributed by atoms with E-state index in [0.717, 1.165) is 0 Å². The highest BCUT2D eigenvalue weighted by Gasteiger charge is 2.35. The van der Waals surface area contributed by atoms with Gasteiger partial charge < -0.3 is 10.0 Å². The standard InChI is InChI=1S/C20H19ClN4O3/c21-15-3-4-16-17(10-15)23-13-25(19(16)27)12-20(28)5-8-24(9-6-20)18(26)14-2-1-7-22-11-14/h1-4,7,10-11,13,28H,5-6,8-9,12H2. The smallest absolute Gasteiger partial charge is 0.261 e. The van der Waals surface area contributed by atoms with E-state index in [1.165, 1.54) is 17.1 Å². The third kappa shape index (κ3) is 3.63. The van der Waals surface area contributed by atoms with Gasteiger partial charge in [0.05, 0.1) is 34.9 Å². The number of pyridine rings is 1. The normalized spacial score (nSPS) is 16.3. The number of benzene rings is 1. The molecule has 8 heteroatoms. The molecular formula is C20H19ClN4O3. The van der Waals surface area contributed by atoms with Crippen molar-refractivity contribution in [3.05, 3.63) is 70.0 Å². The summed E-state index contributed by atoms with van der Waals surface area (Å²) in [7, 11) is 0. The predicted octanol–water partition coefficient (Wildman–Crippen LogP) is 2.11. The molecule has 0 spiro atoms. The summed E-state index contributed by atoms with van der Waals surface area (Å²) in [5.74, 6) is -0.100. The van der Waals surface area contributed by atoms with Crippen molar-refractivity contribution < 1.29 is 9.90 Å².